The number of rotatable bonds is 6. The summed E-state index contributed by atoms with van der Waals surface area (Å²) in [7, 11) is -1.12. The quantitative estimate of drug-likeness (QED) is 0.766. The zero-order chi connectivity index (χ0) is 19.8. The fourth-order valence-corrected chi connectivity index (χ4v) is 6.09. The Morgan fingerprint density at radius 2 is 1.97 bits per heavy atom. The summed E-state index contributed by atoms with van der Waals surface area (Å²) in [4.78, 5) is 0.877. The number of benzene rings is 2. The molecule has 2 aliphatic heterocycles. The van der Waals surface area contributed by atoms with Gasteiger partial charge in [-0.25, -0.2) is 4.21 Å². The van der Waals surface area contributed by atoms with Gasteiger partial charge in [-0.3, -0.25) is 4.31 Å². The second-order valence-corrected chi connectivity index (χ2v) is 10.6. The summed E-state index contributed by atoms with van der Waals surface area (Å²) < 4.78 is 15.0. The van der Waals surface area contributed by atoms with Crippen LogP contribution >= 0.6 is 0 Å². The normalized spacial score (nSPS) is 26.2. The van der Waals surface area contributed by atoms with E-state index in [0.717, 1.165) is 43.2 Å². The third-order valence-corrected chi connectivity index (χ3v) is 8.38. The van der Waals surface area contributed by atoms with Crippen molar-refractivity contribution in [1.29, 1.82) is 0 Å². The van der Waals surface area contributed by atoms with Crippen molar-refractivity contribution in [3.8, 4) is 0 Å². The fraction of sp³-hybridized carbons (Fsp3) is 0.500. The molecule has 3 aliphatic rings. The molecular weight excluding hydrogens is 378 g/mol. The monoisotopic (exact) mass is 409 g/mol. The van der Waals surface area contributed by atoms with Crippen LogP contribution in [0.1, 0.15) is 43.2 Å². The van der Waals surface area contributed by atoms with Crippen LogP contribution in [0.15, 0.2) is 53.4 Å². The van der Waals surface area contributed by atoms with Gasteiger partial charge in [-0.05, 0) is 73.5 Å². The van der Waals surface area contributed by atoms with Crippen LogP contribution in [0.4, 0.5) is 5.69 Å². The van der Waals surface area contributed by atoms with Crippen molar-refractivity contribution in [2.75, 3.05) is 30.5 Å². The Kier molecular flexibility index (Phi) is 5.23. The Hall–Kier alpha value is -1.69. The maximum absolute atomic E-state index is 13.0. The molecule has 2 aromatic rings. The summed E-state index contributed by atoms with van der Waals surface area (Å²) in [6.07, 6.45) is 4.76. The Balaban J connectivity index is 1.23. The highest BCUT2D eigenvalue weighted by molar-refractivity contribution is 7.86. The van der Waals surface area contributed by atoms with Crippen molar-refractivity contribution in [3.05, 3.63) is 59.7 Å². The van der Waals surface area contributed by atoms with Gasteiger partial charge in [0.15, 0.2) is 11.0 Å². The minimum absolute atomic E-state index is 0.443. The van der Waals surface area contributed by atoms with E-state index in [0.29, 0.717) is 17.4 Å². The van der Waals surface area contributed by atoms with Gasteiger partial charge in [0.1, 0.15) is 0 Å². The zero-order valence-corrected chi connectivity index (χ0v) is 18.0. The van der Waals surface area contributed by atoms with Gasteiger partial charge in [0.25, 0.3) is 0 Å². The predicted octanol–water partition coefficient (Wildman–Crippen LogP) is 3.61. The van der Waals surface area contributed by atoms with Crippen LogP contribution in [0.2, 0.25) is 0 Å². The van der Waals surface area contributed by atoms with E-state index in [2.05, 4.69) is 40.1 Å². The molecule has 2 N–H and O–H groups in total. The van der Waals surface area contributed by atoms with Gasteiger partial charge in [0.2, 0.25) is 0 Å². The lowest BCUT2D eigenvalue weighted by Crippen LogP contribution is -2.42. The lowest BCUT2D eigenvalue weighted by atomic mass is 9.81. The first-order valence-corrected chi connectivity index (χ1v) is 12.1. The third-order valence-electron chi connectivity index (χ3n) is 6.92. The molecule has 29 heavy (non-hydrogen) atoms. The van der Waals surface area contributed by atoms with Gasteiger partial charge in [-0.1, -0.05) is 37.3 Å². The number of piperidine rings is 1. The highest BCUT2D eigenvalue weighted by Gasteiger charge is 2.40. The lowest BCUT2D eigenvalue weighted by molar-refractivity contribution is 0.219. The minimum atomic E-state index is -1.12. The SMILES string of the molecule is CC1(CNC2CC2c2ccc3c(c2)CCN3S(=O)c2ccccc2)CCNCC1. The van der Waals surface area contributed by atoms with Crippen molar-refractivity contribution < 1.29 is 4.21 Å². The summed E-state index contributed by atoms with van der Waals surface area (Å²) in [5.74, 6) is 0.638. The summed E-state index contributed by atoms with van der Waals surface area (Å²) >= 11 is 0. The van der Waals surface area contributed by atoms with Crippen LogP contribution in [-0.4, -0.2) is 36.4 Å². The Morgan fingerprint density at radius 1 is 1.17 bits per heavy atom. The Bertz CT molecular complexity index is 894. The first-order chi connectivity index (χ1) is 14.1. The third kappa shape index (κ3) is 4.00. The Morgan fingerprint density at radius 3 is 2.76 bits per heavy atom. The molecule has 1 saturated carbocycles. The molecule has 2 heterocycles. The van der Waals surface area contributed by atoms with Crippen LogP contribution in [0.5, 0.6) is 0 Å². The second kappa shape index (κ2) is 7.86. The summed E-state index contributed by atoms with van der Waals surface area (Å²) in [5, 5.41) is 7.31. The van der Waals surface area contributed by atoms with Gasteiger partial charge in [0.05, 0.1) is 10.6 Å². The zero-order valence-electron chi connectivity index (χ0n) is 17.2. The van der Waals surface area contributed by atoms with Crippen molar-refractivity contribution in [1.82, 2.24) is 10.6 Å². The molecule has 0 amide bonds. The topological polar surface area (TPSA) is 44.4 Å². The first-order valence-electron chi connectivity index (χ1n) is 10.9. The van der Waals surface area contributed by atoms with E-state index >= 15 is 0 Å². The summed E-state index contributed by atoms with van der Waals surface area (Å²) in [5.41, 5.74) is 4.38. The maximum atomic E-state index is 13.0. The molecule has 0 spiro atoms. The van der Waals surface area contributed by atoms with Gasteiger partial charge in [-0.2, -0.15) is 0 Å². The average molecular weight is 410 g/mol. The van der Waals surface area contributed by atoms with Gasteiger partial charge in [-0.15, -0.1) is 0 Å². The highest BCUT2D eigenvalue weighted by atomic mass is 32.2. The molecule has 0 bridgehead atoms. The van der Waals surface area contributed by atoms with E-state index in [9.17, 15) is 4.21 Å². The molecule has 1 aliphatic carbocycles. The number of hydrogen-bond acceptors (Lipinski definition) is 3. The number of nitrogens with one attached hydrogen (secondary N) is 2. The molecule has 5 heteroatoms. The van der Waals surface area contributed by atoms with E-state index in [1.54, 1.807) is 0 Å². The fourth-order valence-electron chi connectivity index (χ4n) is 4.83. The second-order valence-electron chi connectivity index (χ2n) is 9.19. The molecule has 2 aromatic carbocycles. The average Bonchev–Trinajstić information content (AvgIpc) is 3.42. The lowest BCUT2D eigenvalue weighted by Gasteiger charge is -2.34. The van der Waals surface area contributed by atoms with Crippen LogP contribution in [-0.2, 0) is 17.4 Å². The van der Waals surface area contributed by atoms with Crippen molar-refractivity contribution in [2.45, 2.75) is 49.5 Å². The van der Waals surface area contributed by atoms with Crippen LogP contribution in [0.25, 0.3) is 0 Å². The highest BCUT2D eigenvalue weighted by Crippen LogP contribution is 2.44. The first kappa shape index (κ1) is 19.3. The smallest absolute Gasteiger partial charge is 0.152 e. The molecule has 0 radical (unpaired) electrons. The predicted molar refractivity (Wildman–Crippen MR) is 120 cm³/mol. The molecule has 3 unspecified atom stereocenters. The minimum Gasteiger partial charge on any atom is -0.317 e. The molecule has 154 valence electrons. The number of nitrogens with zero attached hydrogens (tertiary/aromatic N) is 1. The molecule has 0 aromatic heterocycles. The molecule has 1 saturated heterocycles. The van der Waals surface area contributed by atoms with Crippen molar-refractivity contribution >= 4 is 16.7 Å². The molecular formula is C24H31N3OS. The van der Waals surface area contributed by atoms with E-state index in [1.807, 2.05) is 30.3 Å². The number of fused-ring (bicyclic) bond motifs is 1. The van der Waals surface area contributed by atoms with E-state index in [-0.39, 0.29) is 0 Å². The molecule has 5 rings (SSSR count). The van der Waals surface area contributed by atoms with Gasteiger partial charge >= 0.3 is 0 Å². The molecule has 2 fully saturated rings. The maximum Gasteiger partial charge on any atom is 0.152 e. The van der Waals surface area contributed by atoms with Crippen LogP contribution in [0.3, 0.4) is 0 Å². The van der Waals surface area contributed by atoms with Crippen LogP contribution < -0.4 is 14.9 Å². The summed E-state index contributed by atoms with van der Waals surface area (Å²) in [6, 6.07) is 17.2. The number of anilines is 1. The van der Waals surface area contributed by atoms with Crippen molar-refractivity contribution in [2.24, 2.45) is 5.41 Å². The van der Waals surface area contributed by atoms with Crippen molar-refractivity contribution in [3.63, 3.8) is 0 Å². The molecule has 3 atom stereocenters. The van der Waals surface area contributed by atoms with Crippen LogP contribution in [0, 0.1) is 5.41 Å². The van der Waals surface area contributed by atoms with Gasteiger partial charge in [0, 0.05) is 25.0 Å². The molecule has 4 nitrogen and oxygen atoms in total. The number of hydrogen-bond donors (Lipinski definition) is 2. The Labute approximate surface area is 176 Å². The summed E-state index contributed by atoms with van der Waals surface area (Å²) in [6.45, 7) is 6.69. The van der Waals surface area contributed by atoms with Gasteiger partial charge < -0.3 is 10.6 Å². The van der Waals surface area contributed by atoms with E-state index in [4.69, 9.17) is 0 Å². The van der Waals surface area contributed by atoms with E-state index < -0.39 is 11.0 Å². The van der Waals surface area contributed by atoms with E-state index in [1.165, 1.54) is 30.4 Å². The standard InChI is InChI=1S/C24H31N3OS/c1-24(10-12-25-13-11-24)17-26-22-16-21(22)18-7-8-23-19(15-18)9-14-27(23)29(28)20-5-3-2-4-6-20/h2-8,15,21-22,25-26H,9-14,16-17H2,1H3. The largest absolute Gasteiger partial charge is 0.317 e.